The van der Waals surface area contributed by atoms with Gasteiger partial charge in [0.1, 0.15) is 0 Å². The Bertz CT molecular complexity index is 1280. The largest absolute Gasteiger partial charge is 0.416 e. The summed E-state index contributed by atoms with van der Waals surface area (Å²) in [5, 5.41) is 1.18. The quantitative estimate of drug-likeness (QED) is 0.375. The van der Waals surface area contributed by atoms with E-state index in [-0.39, 0.29) is 0 Å². The Labute approximate surface area is 196 Å². The van der Waals surface area contributed by atoms with Gasteiger partial charge in [0.15, 0.2) is 0 Å². The predicted molar refractivity (Wildman–Crippen MR) is 129 cm³/mol. The molecule has 1 fully saturated rings. The van der Waals surface area contributed by atoms with Crippen LogP contribution in [0.1, 0.15) is 16.8 Å². The van der Waals surface area contributed by atoms with Gasteiger partial charge in [-0.15, -0.1) is 0 Å². The highest BCUT2D eigenvalue weighted by atomic mass is 19.4. The number of hydrogen-bond acceptors (Lipinski definition) is 4. The number of pyridine rings is 2. The van der Waals surface area contributed by atoms with Crippen LogP contribution in [0.4, 0.5) is 18.9 Å². The van der Waals surface area contributed by atoms with Gasteiger partial charge < -0.3 is 4.90 Å². The van der Waals surface area contributed by atoms with Gasteiger partial charge >= 0.3 is 6.18 Å². The molecule has 0 aliphatic carbocycles. The monoisotopic (exact) mass is 462 g/mol. The minimum Gasteiger partial charge on any atom is -0.368 e. The highest BCUT2D eigenvalue weighted by Crippen LogP contribution is 2.31. The summed E-state index contributed by atoms with van der Waals surface area (Å²) >= 11 is 0. The molecular formula is C27H25F3N4. The van der Waals surface area contributed by atoms with Crippen LogP contribution in [0.25, 0.3) is 22.2 Å². The molecule has 0 N–H and O–H groups in total. The van der Waals surface area contributed by atoms with Gasteiger partial charge in [0, 0.05) is 61.3 Å². The van der Waals surface area contributed by atoms with Crippen LogP contribution in [0, 0.1) is 6.92 Å². The van der Waals surface area contributed by atoms with E-state index in [1.54, 1.807) is 0 Å². The van der Waals surface area contributed by atoms with Crippen LogP contribution in [-0.4, -0.2) is 41.0 Å². The van der Waals surface area contributed by atoms with Gasteiger partial charge in [-0.2, -0.15) is 13.2 Å². The fourth-order valence-corrected chi connectivity index (χ4v) is 4.47. The highest BCUT2D eigenvalue weighted by Gasteiger charge is 2.30. The second-order valence-electron chi connectivity index (χ2n) is 8.69. The first-order valence-electron chi connectivity index (χ1n) is 11.3. The summed E-state index contributed by atoms with van der Waals surface area (Å²) in [6.45, 7) is 6.58. The summed E-state index contributed by atoms with van der Waals surface area (Å²) in [6.07, 6.45) is -2.51. The Kier molecular flexibility index (Phi) is 5.96. The molecule has 7 heteroatoms. The summed E-state index contributed by atoms with van der Waals surface area (Å²) in [6, 6.07) is 19.4. The molecule has 3 heterocycles. The van der Waals surface area contributed by atoms with Crippen LogP contribution in [-0.2, 0) is 12.7 Å². The fourth-order valence-electron chi connectivity index (χ4n) is 4.47. The van der Waals surface area contributed by atoms with E-state index in [1.165, 1.54) is 23.2 Å². The maximum absolute atomic E-state index is 12.8. The minimum atomic E-state index is -4.33. The molecule has 34 heavy (non-hydrogen) atoms. The number of benzene rings is 2. The molecule has 2 aromatic heterocycles. The second kappa shape index (κ2) is 9.06. The van der Waals surface area contributed by atoms with Gasteiger partial charge in [-0.1, -0.05) is 36.4 Å². The van der Waals surface area contributed by atoms with Gasteiger partial charge in [0.25, 0.3) is 0 Å². The van der Waals surface area contributed by atoms with Crippen LogP contribution in [0.15, 0.2) is 72.9 Å². The molecule has 0 saturated carbocycles. The van der Waals surface area contributed by atoms with Gasteiger partial charge in [0.05, 0.1) is 16.8 Å². The third-order valence-electron chi connectivity index (χ3n) is 6.27. The predicted octanol–water partition coefficient (Wildman–Crippen LogP) is 5.95. The molecule has 0 amide bonds. The van der Waals surface area contributed by atoms with Crippen LogP contribution in [0.3, 0.4) is 0 Å². The molecule has 4 aromatic rings. The van der Waals surface area contributed by atoms with Crippen molar-refractivity contribution in [1.82, 2.24) is 14.9 Å². The Balaban J connectivity index is 1.22. The number of halogens is 3. The van der Waals surface area contributed by atoms with Crippen LogP contribution >= 0.6 is 0 Å². The molecule has 1 saturated heterocycles. The van der Waals surface area contributed by atoms with E-state index < -0.39 is 11.7 Å². The lowest BCUT2D eigenvalue weighted by atomic mass is 10.1. The van der Waals surface area contributed by atoms with Gasteiger partial charge in [-0.25, -0.2) is 0 Å². The third-order valence-corrected chi connectivity index (χ3v) is 6.27. The topological polar surface area (TPSA) is 32.3 Å². The van der Waals surface area contributed by atoms with Crippen molar-refractivity contribution in [3.05, 3.63) is 89.7 Å². The first-order chi connectivity index (χ1) is 16.4. The number of hydrogen-bond donors (Lipinski definition) is 0. The fraction of sp³-hybridized carbons (Fsp3) is 0.259. The smallest absolute Gasteiger partial charge is 0.368 e. The number of aromatic nitrogens is 2. The van der Waals surface area contributed by atoms with Crippen molar-refractivity contribution < 1.29 is 13.2 Å². The number of fused-ring (bicyclic) bond motifs is 1. The average molecular weight is 463 g/mol. The van der Waals surface area contributed by atoms with E-state index in [4.69, 9.17) is 0 Å². The summed E-state index contributed by atoms with van der Waals surface area (Å²) in [4.78, 5) is 14.0. The Morgan fingerprint density at radius 2 is 1.62 bits per heavy atom. The third kappa shape index (κ3) is 4.75. The standard InChI is InChI=1S/C27H25F3N4/c1-19-16-26(23-4-2-3-5-25(23)32-19)34-14-12-33(13-15-34)18-20-6-11-24(31-17-20)21-7-9-22(10-8-21)27(28,29)30/h2-11,16-17H,12-15,18H2,1H3. The van der Waals surface area contributed by atoms with Crippen molar-refractivity contribution >= 4 is 16.6 Å². The van der Waals surface area contributed by atoms with E-state index >= 15 is 0 Å². The zero-order chi connectivity index (χ0) is 23.7. The first kappa shape index (κ1) is 22.3. The van der Waals surface area contributed by atoms with Crippen LogP contribution in [0.2, 0.25) is 0 Å². The zero-order valence-electron chi connectivity index (χ0n) is 18.9. The molecule has 1 aliphatic heterocycles. The number of anilines is 1. The summed E-state index contributed by atoms with van der Waals surface area (Å²) in [7, 11) is 0. The molecule has 1 aliphatic rings. The van der Waals surface area contributed by atoms with Crippen molar-refractivity contribution in [2.75, 3.05) is 31.1 Å². The number of alkyl halides is 3. The van der Waals surface area contributed by atoms with E-state index in [0.29, 0.717) is 11.3 Å². The minimum absolute atomic E-state index is 0.651. The van der Waals surface area contributed by atoms with Gasteiger partial charge in [-0.3, -0.25) is 14.9 Å². The van der Waals surface area contributed by atoms with E-state index in [9.17, 15) is 13.2 Å². The van der Waals surface area contributed by atoms with Crippen molar-refractivity contribution in [3.8, 4) is 11.3 Å². The lowest BCUT2D eigenvalue weighted by molar-refractivity contribution is -0.137. The molecule has 4 nitrogen and oxygen atoms in total. The highest BCUT2D eigenvalue weighted by molar-refractivity contribution is 5.92. The Morgan fingerprint density at radius 1 is 0.882 bits per heavy atom. The number of nitrogens with zero attached hydrogens (tertiary/aromatic N) is 4. The number of para-hydroxylation sites is 1. The summed E-state index contributed by atoms with van der Waals surface area (Å²) < 4.78 is 38.3. The molecule has 174 valence electrons. The van der Waals surface area contributed by atoms with Crippen molar-refractivity contribution in [2.45, 2.75) is 19.6 Å². The second-order valence-corrected chi connectivity index (χ2v) is 8.69. The molecule has 0 unspecified atom stereocenters. The average Bonchev–Trinajstić information content (AvgIpc) is 2.84. The Morgan fingerprint density at radius 3 is 2.29 bits per heavy atom. The normalized spacial score (nSPS) is 15.1. The number of aryl methyl sites for hydroxylation is 1. The van der Waals surface area contributed by atoms with Crippen molar-refractivity contribution in [2.24, 2.45) is 0 Å². The zero-order valence-corrected chi connectivity index (χ0v) is 18.9. The number of piperazine rings is 1. The first-order valence-corrected chi connectivity index (χ1v) is 11.3. The van der Waals surface area contributed by atoms with Gasteiger partial charge in [0.2, 0.25) is 0 Å². The van der Waals surface area contributed by atoms with E-state index in [2.05, 4.69) is 44.0 Å². The summed E-state index contributed by atoms with van der Waals surface area (Å²) in [5.74, 6) is 0. The lowest BCUT2D eigenvalue weighted by Crippen LogP contribution is -2.46. The van der Waals surface area contributed by atoms with Crippen molar-refractivity contribution in [3.63, 3.8) is 0 Å². The molecule has 2 aromatic carbocycles. The SMILES string of the molecule is Cc1cc(N2CCN(Cc3ccc(-c4ccc(C(F)(F)F)cc4)nc3)CC2)c2ccccc2n1. The molecule has 0 spiro atoms. The maximum atomic E-state index is 12.8. The van der Waals surface area contributed by atoms with E-state index in [1.807, 2.05) is 31.3 Å². The van der Waals surface area contributed by atoms with Crippen molar-refractivity contribution in [1.29, 1.82) is 0 Å². The van der Waals surface area contributed by atoms with E-state index in [0.717, 1.165) is 61.6 Å². The Hall–Kier alpha value is -3.45. The molecule has 5 rings (SSSR count). The summed E-state index contributed by atoms with van der Waals surface area (Å²) in [5.41, 5.74) is 5.08. The van der Waals surface area contributed by atoms with Crippen LogP contribution in [0.5, 0.6) is 0 Å². The van der Waals surface area contributed by atoms with Gasteiger partial charge in [-0.05, 0) is 42.8 Å². The molecule has 0 atom stereocenters. The maximum Gasteiger partial charge on any atom is 0.416 e. The number of rotatable bonds is 4. The molecule has 0 bridgehead atoms. The molecule has 0 radical (unpaired) electrons. The van der Waals surface area contributed by atoms with Crippen LogP contribution < -0.4 is 4.90 Å². The lowest BCUT2D eigenvalue weighted by Gasteiger charge is -2.36. The molecular weight excluding hydrogens is 437 g/mol.